The van der Waals surface area contributed by atoms with Crippen LogP contribution in [0.2, 0.25) is 0 Å². The van der Waals surface area contributed by atoms with Gasteiger partial charge >= 0.3 is 5.97 Å². The SMILES string of the molecule is C=C/C(=C(\N=CC)[C@H](C)OC)c1c2c3cc(ccc3n1CC)-c1csc(n1)C[C@H](NC(=O)[C@H]1C[C@@H]1C)C(=O)N1CCC[C@@](O)(N1)C(=O)OCC(C)(C)C2. The van der Waals surface area contributed by atoms with Crippen molar-refractivity contribution in [3.05, 3.63) is 58.2 Å². The summed E-state index contributed by atoms with van der Waals surface area (Å²) in [5, 5.41) is 19.5. The van der Waals surface area contributed by atoms with Gasteiger partial charge in [-0.15, -0.1) is 11.3 Å². The van der Waals surface area contributed by atoms with Gasteiger partial charge in [0.2, 0.25) is 11.6 Å². The number of ether oxygens (including phenoxy) is 2. The zero-order valence-corrected chi connectivity index (χ0v) is 32.6. The number of fused-ring (bicyclic) bond motifs is 6. The van der Waals surface area contributed by atoms with Crippen molar-refractivity contribution < 1.29 is 29.0 Å². The molecule has 3 aliphatic rings. The van der Waals surface area contributed by atoms with Gasteiger partial charge in [-0.25, -0.2) is 9.78 Å². The zero-order chi connectivity index (χ0) is 38.2. The number of rotatable bonds is 8. The Labute approximate surface area is 315 Å². The summed E-state index contributed by atoms with van der Waals surface area (Å²) >= 11 is 1.43. The Hall–Kier alpha value is -4.17. The molecule has 2 amide bonds. The number of hydrogen-bond acceptors (Lipinski definition) is 10. The third-order valence-electron chi connectivity index (χ3n) is 10.6. The normalized spacial score (nSPS) is 25.8. The molecule has 0 radical (unpaired) electrons. The highest BCUT2D eigenvalue weighted by molar-refractivity contribution is 7.10. The fourth-order valence-corrected chi connectivity index (χ4v) is 8.33. The molecule has 53 heavy (non-hydrogen) atoms. The number of allylic oxidation sites excluding steroid dienone is 2. The number of carbonyl (C=O) groups excluding carboxylic acids is 3. The second-order valence-electron chi connectivity index (χ2n) is 15.3. The number of esters is 1. The summed E-state index contributed by atoms with van der Waals surface area (Å²) in [4.78, 5) is 50.6. The molecule has 2 aromatic heterocycles. The lowest BCUT2D eigenvalue weighted by molar-refractivity contribution is -0.189. The van der Waals surface area contributed by atoms with Gasteiger partial charge in [-0.1, -0.05) is 39.5 Å². The quantitative estimate of drug-likeness (QED) is 0.157. The van der Waals surface area contributed by atoms with Crippen molar-refractivity contribution >= 4 is 51.8 Å². The van der Waals surface area contributed by atoms with Gasteiger partial charge < -0.3 is 24.5 Å². The number of methoxy groups -OCH3 is 1. The largest absolute Gasteiger partial charge is 0.462 e. The van der Waals surface area contributed by atoms with Gasteiger partial charge in [0, 0.05) is 78.0 Å². The lowest BCUT2D eigenvalue weighted by atomic mass is 9.84. The minimum atomic E-state index is -2.12. The molecule has 0 unspecified atom stereocenters. The number of hydrogen-bond donors (Lipinski definition) is 3. The number of aryl methyl sites for hydroxylation is 1. The molecule has 1 saturated carbocycles. The highest BCUT2D eigenvalue weighted by Crippen LogP contribution is 2.41. The molecule has 2 fully saturated rings. The summed E-state index contributed by atoms with van der Waals surface area (Å²) in [6.07, 6.45) is 5.11. The predicted octanol–water partition coefficient (Wildman–Crippen LogP) is 5.43. The molecule has 1 saturated heterocycles. The second-order valence-corrected chi connectivity index (χ2v) is 16.2. The number of hydrazine groups is 1. The Kier molecular flexibility index (Phi) is 11.1. The molecule has 5 atom stereocenters. The average Bonchev–Trinajstić information content (AvgIpc) is 3.57. The molecule has 3 aromatic rings. The van der Waals surface area contributed by atoms with Crippen LogP contribution in [0, 0.1) is 17.3 Å². The first-order valence-corrected chi connectivity index (χ1v) is 19.4. The minimum Gasteiger partial charge on any atom is -0.462 e. The summed E-state index contributed by atoms with van der Waals surface area (Å²) in [6, 6.07) is 5.36. The van der Waals surface area contributed by atoms with Crippen LogP contribution in [-0.4, -0.2) is 81.8 Å². The molecule has 0 spiro atoms. The summed E-state index contributed by atoms with van der Waals surface area (Å²) in [5.41, 5.74) is 6.32. The maximum Gasteiger partial charge on any atom is 0.355 e. The van der Waals surface area contributed by atoms with E-state index in [1.165, 1.54) is 16.3 Å². The molecule has 1 aromatic carbocycles. The number of aliphatic imine (C=N–C) groups is 1. The van der Waals surface area contributed by atoms with E-state index < -0.39 is 29.1 Å². The van der Waals surface area contributed by atoms with Crippen LogP contribution in [0.3, 0.4) is 0 Å². The Bertz CT molecular complexity index is 1980. The van der Waals surface area contributed by atoms with E-state index in [1.54, 1.807) is 13.3 Å². The number of aromatic nitrogens is 2. The van der Waals surface area contributed by atoms with Crippen molar-refractivity contribution in [3.8, 4) is 11.3 Å². The Morgan fingerprint density at radius 1 is 1.34 bits per heavy atom. The van der Waals surface area contributed by atoms with Gasteiger partial charge in [-0.2, -0.15) is 5.43 Å². The summed E-state index contributed by atoms with van der Waals surface area (Å²) < 4.78 is 13.9. The molecule has 4 heterocycles. The van der Waals surface area contributed by atoms with Gasteiger partial charge in [0.15, 0.2) is 0 Å². The van der Waals surface area contributed by atoms with E-state index in [9.17, 15) is 19.5 Å². The molecule has 284 valence electrons. The molecule has 12 nitrogen and oxygen atoms in total. The lowest BCUT2D eigenvalue weighted by Gasteiger charge is -2.40. The van der Waals surface area contributed by atoms with Crippen molar-refractivity contribution in [2.45, 2.75) is 98.1 Å². The van der Waals surface area contributed by atoms with E-state index in [0.717, 1.165) is 51.1 Å². The third kappa shape index (κ3) is 7.75. The molecule has 6 rings (SSSR count). The van der Waals surface area contributed by atoms with Crippen molar-refractivity contribution in [1.29, 1.82) is 0 Å². The van der Waals surface area contributed by atoms with Crippen molar-refractivity contribution in [2.75, 3.05) is 20.3 Å². The summed E-state index contributed by atoms with van der Waals surface area (Å²) in [7, 11) is 1.66. The number of benzene rings is 1. The Morgan fingerprint density at radius 2 is 2.09 bits per heavy atom. The van der Waals surface area contributed by atoms with Crippen molar-refractivity contribution in [2.24, 2.45) is 22.2 Å². The monoisotopic (exact) mass is 744 g/mol. The number of thiazole rings is 1. The van der Waals surface area contributed by atoms with E-state index in [-0.39, 0.29) is 49.8 Å². The first-order chi connectivity index (χ1) is 25.2. The van der Waals surface area contributed by atoms with Gasteiger partial charge in [0.25, 0.3) is 5.91 Å². The minimum absolute atomic E-state index is 0.00300. The van der Waals surface area contributed by atoms with E-state index in [1.807, 2.05) is 46.1 Å². The average molecular weight is 745 g/mol. The van der Waals surface area contributed by atoms with E-state index in [0.29, 0.717) is 24.4 Å². The van der Waals surface area contributed by atoms with Crippen LogP contribution >= 0.6 is 11.3 Å². The van der Waals surface area contributed by atoms with Crippen molar-refractivity contribution in [3.63, 3.8) is 0 Å². The zero-order valence-electron chi connectivity index (χ0n) is 31.8. The molecule has 1 aliphatic carbocycles. The van der Waals surface area contributed by atoms with Gasteiger partial charge in [-0.3, -0.25) is 19.6 Å². The number of aliphatic hydroxyl groups is 1. The number of cyclic esters (lactones) is 1. The maximum absolute atomic E-state index is 14.0. The topological polar surface area (TPSA) is 147 Å². The number of nitrogens with one attached hydrogen (secondary N) is 2. The fourth-order valence-electron chi connectivity index (χ4n) is 7.48. The number of amides is 2. The number of carbonyl (C=O) groups is 3. The third-order valence-corrected chi connectivity index (χ3v) is 11.5. The van der Waals surface area contributed by atoms with Gasteiger partial charge in [0.1, 0.15) is 6.04 Å². The maximum atomic E-state index is 14.0. The van der Waals surface area contributed by atoms with Crippen LogP contribution in [0.25, 0.3) is 27.7 Å². The molecule has 3 N–H and O–H groups in total. The highest BCUT2D eigenvalue weighted by atomic mass is 32.1. The van der Waals surface area contributed by atoms with Crippen LogP contribution in [0.1, 0.15) is 77.1 Å². The van der Waals surface area contributed by atoms with Crippen LogP contribution < -0.4 is 10.7 Å². The Morgan fingerprint density at radius 3 is 2.75 bits per heavy atom. The summed E-state index contributed by atoms with van der Waals surface area (Å²) in [6.45, 7) is 17.1. The van der Waals surface area contributed by atoms with Crippen LogP contribution in [-0.2, 0) is 43.2 Å². The van der Waals surface area contributed by atoms with E-state index in [4.69, 9.17) is 19.5 Å². The molecule has 2 aliphatic heterocycles. The highest BCUT2D eigenvalue weighted by Gasteiger charge is 2.46. The molecular formula is C40H52N6O6S. The first kappa shape index (κ1) is 38.6. The fraction of sp³-hybridized carbons (Fsp3) is 0.525. The Balaban J connectivity index is 1.52. The number of nitrogens with zero attached hydrogens (tertiary/aromatic N) is 4. The van der Waals surface area contributed by atoms with Crippen molar-refractivity contribution in [1.82, 2.24) is 25.3 Å². The van der Waals surface area contributed by atoms with E-state index in [2.05, 4.69) is 47.0 Å². The van der Waals surface area contributed by atoms with Gasteiger partial charge in [0.05, 0.1) is 34.8 Å². The van der Waals surface area contributed by atoms with Crippen LogP contribution in [0.15, 0.2) is 46.9 Å². The van der Waals surface area contributed by atoms with Crippen LogP contribution in [0.5, 0.6) is 0 Å². The predicted molar refractivity (Wildman–Crippen MR) is 207 cm³/mol. The second kappa shape index (κ2) is 15.3. The standard InChI is InChI=1S/C40H52N6O6S/c1-9-26(34(41-10-2)24(5)51-8)35-29-20-39(6,7)22-52-38(49)40(50)15-12-16-46(44-40)37(48)30(43-36(47)27-17-23(27)4)19-33-42-31(21-53-33)25-13-14-32(28(29)18-25)45(35)11-3/h9-10,13-14,18,21,23-24,27,30,44,50H,1,11-12,15-17,19-20,22H2,2-8H3,(H,43,47)/b34-26+,41-10?/t23-,24-,27-,30-,40-/m0/s1. The molecular weight excluding hydrogens is 693 g/mol. The molecule has 13 heteroatoms. The lowest BCUT2D eigenvalue weighted by Crippen LogP contribution is -2.67. The molecule has 6 bridgehead atoms. The van der Waals surface area contributed by atoms with Crippen LogP contribution in [0.4, 0.5) is 0 Å². The smallest absolute Gasteiger partial charge is 0.355 e. The first-order valence-electron chi connectivity index (χ1n) is 18.5. The van der Waals surface area contributed by atoms with E-state index >= 15 is 0 Å². The summed E-state index contributed by atoms with van der Waals surface area (Å²) in [5.74, 6) is -1.38. The van der Waals surface area contributed by atoms with Gasteiger partial charge in [-0.05, 0) is 63.6 Å².